The molecule has 0 aliphatic carbocycles. The minimum atomic E-state index is -0.268. The third kappa shape index (κ3) is 10.4. The highest BCUT2D eigenvalue weighted by molar-refractivity contribution is 7.07. The van der Waals surface area contributed by atoms with Crippen LogP contribution in [0, 0.1) is 19.7 Å². The van der Waals surface area contributed by atoms with Crippen molar-refractivity contribution in [1.82, 2.24) is 19.8 Å². The molecule has 6 rings (SSSR count). The molecule has 0 atom stereocenters. The summed E-state index contributed by atoms with van der Waals surface area (Å²) in [6.45, 7) is 8.78. The van der Waals surface area contributed by atoms with E-state index in [1.54, 1.807) is 36.0 Å². The largest absolute Gasteiger partial charge is 0.493 e. The highest BCUT2D eigenvalue weighted by atomic mass is 35.5. The number of carbonyl (C=O) groups is 1. The molecule has 0 spiro atoms. The van der Waals surface area contributed by atoms with Crippen molar-refractivity contribution in [3.8, 4) is 23.1 Å². The molecule has 0 bridgehead atoms. The van der Waals surface area contributed by atoms with Crippen molar-refractivity contribution in [3.05, 3.63) is 135 Å². The number of amides is 1. The third-order valence-corrected chi connectivity index (χ3v) is 8.91. The predicted molar refractivity (Wildman–Crippen MR) is 197 cm³/mol. The van der Waals surface area contributed by atoms with E-state index in [9.17, 15) is 9.18 Å². The molecule has 1 aliphatic rings. The van der Waals surface area contributed by atoms with Crippen LogP contribution in [0.1, 0.15) is 33.5 Å². The lowest BCUT2D eigenvalue weighted by molar-refractivity contribution is -0.127. The van der Waals surface area contributed by atoms with Crippen LogP contribution >= 0.6 is 23.7 Å². The Kier molecular flexibility index (Phi) is 13.0. The number of hydrogen-bond donors (Lipinski definition) is 0. The van der Waals surface area contributed by atoms with Crippen molar-refractivity contribution in [2.24, 2.45) is 0 Å². The number of aromatic nitrogens is 2. The lowest BCUT2D eigenvalue weighted by Gasteiger charge is -2.34. The fourth-order valence-corrected chi connectivity index (χ4v) is 6.15. The third-order valence-electron chi connectivity index (χ3n) is 8.27. The summed E-state index contributed by atoms with van der Waals surface area (Å²) in [4.78, 5) is 25.9. The second-order valence-electron chi connectivity index (χ2n) is 12.0. The predicted octanol–water partition coefficient (Wildman–Crippen LogP) is 8.07. The number of rotatable bonds is 13. The van der Waals surface area contributed by atoms with Crippen LogP contribution in [0.3, 0.4) is 0 Å². The number of ether oxygens (including phenoxy) is 3. The molecule has 260 valence electrons. The number of halogens is 2. The van der Waals surface area contributed by atoms with Gasteiger partial charge in [0.1, 0.15) is 29.7 Å². The number of aryl methyl sites for hydroxylation is 2. The molecule has 1 aliphatic heterocycles. The monoisotopic (exact) mass is 714 g/mol. The van der Waals surface area contributed by atoms with Gasteiger partial charge in [0, 0.05) is 56.7 Å². The van der Waals surface area contributed by atoms with Crippen molar-refractivity contribution >= 4 is 35.7 Å². The van der Waals surface area contributed by atoms with Gasteiger partial charge in [0.25, 0.3) is 0 Å². The molecule has 5 aromatic rings. The van der Waals surface area contributed by atoms with Crippen molar-refractivity contribution in [2.45, 2.75) is 33.4 Å². The highest BCUT2D eigenvalue weighted by Gasteiger charge is 2.20. The first-order valence-electron chi connectivity index (χ1n) is 16.3. The van der Waals surface area contributed by atoms with Crippen LogP contribution in [0.4, 0.5) is 4.39 Å². The molecule has 1 saturated heterocycles. The molecule has 11 heteroatoms. The summed E-state index contributed by atoms with van der Waals surface area (Å²) in [7, 11) is 0. The molecule has 0 N–H and O–H groups in total. The molecule has 3 aromatic carbocycles. The topological polar surface area (TPSA) is 77.0 Å². The van der Waals surface area contributed by atoms with Crippen LogP contribution in [0.25, 0.3) is 6.08 Å². The Labute approximate surface area is 302 Å². The summed E-state index contributed by atoms with van der Waals surface area (Å²) in [5.74, 6) is 2.29. The van der Waals surface area contributed by atoms with E-state index in [2.05, 4.69) is 39.1 Å². The SMILES string of the molecule is Cc1cc(C=CC(=O)N2CCN(Cc3ccc(CCOc4ccc(F)cc4)cc3)CC2)cc(C)c1Oc1ccc(OCc2cscn2)cn1.Cl. The number of benzene rings is 3. The molecule has 3 heterocycles. The number of pyridine rings is 1. The Morgan fingerprint density at radius 2 is 1.58 bits per heavy atom. The fraction of sp³-hybridized carbons (Fsp3) is 0.256. The van der Waals surface area contributed by atoms with Gasteiger partial charge in [-0.15, -0.1) is 23.7 Å². The van der Waals surface area contributed by atoms with E-state index in [0.717, 1.165) is 54.2 Å². The number of nitrogens with zero attached hydrogens (tertiary/aromatic N) is 4. The van der Waals surface area contributed by atoms with Crippen LogP contribution in [0.5, 0.6) is 23.1 Å². The molecule has 8 nitrogen and oxygen atoms in total. The first-order chi connectivity index (χ1) is 23.9. The average Bonchev–Trinajstić information content (AvgIpc) is 3.64. The molecule has 1 fully saturated rings. The van der Waals surface area contributed by atoms with Crippen LogP contribution in [0.15, 0.2) is 96.0 Å². The lowest BCUT2D eigenvalue weighted by Crippen LogP contribution is -2.47. The van der Waals surface area contributed by atoms with E-state index in [0.29, 0.717) is 43.7 Å². The molecule has 1 amide bonds. The second-order valence-corrected chi connectivity index (χ2v) is 12.7. The Morgan fingerprint density at radius 3 is 2.24 bits per heavy atom. The van der Waals surface area contributed by atoms with Crippen molar-refractivity contribution < 1.29 is 23.4 Å². The van der Waals surface area contributed by atoms with Gasteiger partial charge in [-0.05, 0) is 90.2 Å². The molecule has 2 aromatic heterocycles. The Bertz CT molecular complexity index is 1820. The van der Waals surface area contributed by atoms with Gasteiger partial charge >= 0.3 is 0 Å². The molecular formula is C39H40ClFN4O4S. The van der Waals surface area contributed by atoms with Crippen LogP contribution < -0.4 is 14.2 Å². The van der Waals surface area contributed by atoms with Gasteiger partial charge in [-0.2, -0.15) is 0 Å². The summed E-state index contributed by atoms with van der Waals surface area (Å²) in [6, 6.07) is 22.3. The number of carbonyl (C=O) groups excluding carboxylic acids is 1. The van der Waals surface area contributed by atoms with Crippen LogP contribution in [-0.4, -0.2) is 58.5 Å². The zero-order valence-electron chi connectivity index (χ0n) is 28.1. The number of thiazole rings is 1. The summed E-state index contributed by atoms with van der Waals surface area (Å²) < 4.78 is 30.6. The highest BCUT2D eigenvalue weighted by Crippen LogP contribution is 2.30. The quantitative estimate of drug-likeness (QED) is 0.114. The minimum absolute atomic E-state index is 0. The number of piperazine rings is 1. The van der Waals surface area contributed by atoms with E-state index < -0.39 is 0 Å². The summed E-state index contributed by atoms with van der Waals surface area (Å²) in [5, 5.41) is 1.95. The maximum atomic E-state index is 13.1. The van der Waals surface area contributed by atoms with Gasteiger partial charge in [-0.1, -0.05) is 24.3 Å². The second kappa shape index (κ2) is 17.8. The lowest BCUT2D eigenvalue weighted by atomic mass is 10.1. The summed E-state index contributed by atoms with van der Waals surface area (Å²) >= 11 is 1.54. The maximum Gasteiger partial charge on any atom is 0.246 e. The Hall–Kier alpha value is -4.77. The molecular weight excluding hydrogens is 675 g/mol. The van der Waals surface area contributed by atoms with E-state index in [4.69, 9.17) is 14.2 Å². The minimum Gasteiger partial charge on any atom is -0.493 e. The standard InChI is InChI=1S/C39H39FN4O4S.ClH/c1-28-21-32(22-29(2)39(28)48-37-13-12-36(23-41-37)47-25-34-26-49-27-42-34)7-14-38(45)44-18-16-43(17-19-44)24-31-5-3-30(4-6-31)15-20-46-35-10-8-33(40)9-11-35;/h3-14,21-23,26-27H,15-20,24-25H2,1-2H3;1H. The Morgan fingerprint density at radius 1 is 0.880 bits per heavy atom. The van der Waals surface area contributed by atoms with Gasteiger partial charge in [0.05, 0.1) is 24.0 Å². The fourth-order valence-electron chi connectivity index (χ4n) is 5.61. The van der Waals surface area contributed by atoms with Crippen molar-refractivity contribution in [2.75, 3.05) is 32.8 Å². The van der Waals surface area contributed by atoms with Gasteiger partial charge < -0.3 is 19.1 Å². The normalized spacial score (nSPS) is 13.2. The zero-order chi connectivity index (χ0) is 34.0. The molecule has 0 saturated carbocycles. The van der Waals surface area contributed by atoms with E-state index in [1.807, 2.05) is 48.4 Å². The Balaban J connectivity index is 0.00000486. The van der Waals surface area contributed by atoms with E-state index in [1.165, 1.54) is 34.6 Å². The summed E-state index contributed by atoms with van der Waals surface area (Å²) in [5.41, 5.74) is 7.95. The van der Waals surface area contributed by atoms with Crippen molar-refractivity contribution in [1.29, 1.82) is 0 Å². The average molecular weight is 715 g/mol. The first-order valence-corrected chi connectivity index (χ1v) is 17.2. The maximum absolute atomic E-state index is 13.1. The van der Waals surface area contributed by atoms with Gasteiger partial charge in [0.15, 0.2) is 0 Å². The summed E-state index contributed by atoms with van der Waals surface area (Å²) in [6.07, 6.45) is 5.96. The van der Waals surface area contributed by atoms with E-state index >= 15 is 0 Å². The molecule has 0 radical (unpaired) electrons. The molecule has 50 heavy (non-hydrogen) atoms. The van der Waals surface area contributed by atoms with E-state index in [-0.39, 0.29) is 24.1 Å². The van der Waals surface area contributed by atoms with Gasteiger partial charge in [-0.25, -0.2) is 14.4 Å². The zero-order valence-corrected chi connectivity index (χ0v) is 29.7. The smallest absolute Gasteiger partial charge is 0.246 e. The van der Waals surface area contributed by atoms with Crippen molar-refractivity contribution in [3.63, 3.8) is 0 Å². The van der Waals surface area contributed by atoms with Gasteiger partial charge in [-0.3, -0.25) is 9.69 Å². The van der Waals surface area contributed by atoms with Crippen LogP contribution in [0.2, 0.25) is 0 Å². The first kappa shape index (κ1) is 36.5. The molecule has 0 unspecified atom stereocenters. The number of hydrogen-bond acceptors (Lipinski definition) is 8. The van der Waals surface area contributed by atoms with Gasteiger partial charge in [0.2, 0.25) is 11.8 Å². The van der Waals surface area contributed by atoms with Crippen LogP contribution in [-0.2, 0) is 24.4 Å².